The van der Waals surface area contributed by atoms with Crippen LogP contribution >= 0.6 is 27.3 Å². The van der Waals surface area contributed by atoms with Gasteiger partial charge in [0.05, 0.1) is 16.3 Å². The summed E-state index contributed by atoms with van der Waals surface area (Å²) in [5, 5.41) is 18.3. The van der Waals surface area contributed by atoms with Crippen molar-refractivity contribution in [3.63, 3.8) is 0 Å². The average molecular weight is 537 g/mol. The molecule has 1 aliphatic heterocycles. The Labute approximate surface area is 206 Å². The van der Waals surface area contributed by atoms with Crippen molar-refractivity contribution in [2.24, 2.45) is 10.1 Å². The molecule has 0 atom stereocenters. The summed E-state index contributed by atoms with van der Waals surface area (Å²) < 4.78 is 13.5. The Kier molecular flexibility index (Phi) is 5.99. The van der Waals surface area contributed by atoms with Crippen LogP contribution in [0.2, 0.25) is 0 Å². The molecule has 10 heteroatoms. The lowest BCUT2D eigenvalue weighted by atomic mass is 10.1. The van der Waals surface area contributed by atoms with E-state index in [4.69, 9.17) is 14.6 Å². The highest BCUT2D eigenvalue weighted by atomic mass is 79.9. The maximum atomic E-state index is 11.5. The van der Waals surface area contributed by atoms with Crippen LogP contribution in [-0.4, -0.2) is 22.1 Å². The van der Waals surface area contributed by atoms with Crippen molar-refractivity contribution >= 4 is 44.4 Å². The predicted octanol–water partition coefficient (Wildman–Crippen LogP) is 6.12. The fourth-order valence-electron chi connectivity index (χ4n) is 3.47. The number of rotatable bonds is 5. The summed E-state index contributed by atoms with van der Waals surface area (Å²) in [4.78, 5) is 16.2. The van der Waals surface area contributed by atoms with Gasteiger partial charge in [-0.3, -0.25) is 10.1 Å². The summed E-state index contributed by atoms with van der Waals surface area (Å²) in [6.07, 6.45) is 0. The highest BCUT2D eigenvalue weighted by molar-refractivity contribution is 9.10. The Balaban J connectivity index is 1.70. The van der Waals surface area contributed by atoms with Crippen LogP contribution < -0.4 is 14.3 Å². The van der Waals surface area contributed by atoms with Gasteiger partial charge in [-0.25, -0.2) is 9.67 Å². The number of thiazole rings is 1. The minimum atomic E-state index is -0.438. The van der Waals surface area contributed by atoms with Crippen LogP contribution in [0.25, 0.3) is 11.3 Å². The standard InChI is InChI=1S/C24H17BrN4O4S/c1-15(16-10-11-22-23(12-16)33-14-32-22)27-28-21(17-6-2-3-7-18(17)25)13-34-24(28)26-19-8-4-5-9-20(19)29(30)31/h2-13H,14H2,1H3. The SMILES string of the molecule is CC(=Nn1c(-c2ccccc2Br)csc1=Nc1ccccc1[N+](=O)[O-])c1ccc2c(c1)OCO2. The summed E-state index contributed by atoms with van der Waals surface area (Å²) in [5.74, 6) is 1.36. The molecular weight excluding hydrogens is 520 g/mol. The minimum Gasteiger partial charge on any atom is -0.454 e. The highest BCUT2D eigenvalue weighted by Gasteiger charge is 2.17. The molecule has 0 spiro atoms. The van der Waals surface area contributed by atoms with E-state index in [1.165, 1.54) is 17.4 Å². The van der Waals surface area contributed by atoms with Crippen LogP contribution in [0.4, 0.5) is 11.4 Å². The Morgan fingerprint density at radius 1 is 1.09 bits per heavy atom. The number of hydrogen-bond donors (Lipinski definition) is 0. The fourth-order valence-corrected chi connectivity index (χ4v) is 4.80. The Hall–Kier alpha value is -3.76. The maximum Gasteiger partial charge on any atom is 0.294 e. The molecule has 8 nitrogen and oxygen atoms in total. The van der Waals surface area contributed by atoms with Gasteiger partial charge in [0.2, 0.25) is 11.6 Å². The molecule has 4 aromatic rings. The molecule has 0 saturated carbocycles. The number of nitrogens with zero attached hydrogens (tertiary/aromatic N) is 4. The largest absolute Gasteiger partial charge is 0.454 e. The third kappa shape index (κ3) is 4.25. The summed E-state index contributed by atoms with van der Waals surface area (Å²) in [5.41, 5.74) is 3.49. The lowest BCUT2D eigenvalue weighted by molar-refractivity contribution is -0.384. The highest BCUT2D eigenvalue weighted by Crippen LogP contribution is 2.33. The monoisotopic (exact) mass is 536 g/mol. The van der Waals surface area contributed by atoms with E-state index in [1.54, 1.807) is 22.9 Å². The Morgan fingerprint density at radius 2 is 1.85 bits per heavy atom. The zero-order valence-corrected chi connectivity index (χ0v) is 20.2. The molecule has 3 aromatic carbocycles. The summed E-state index contributed by atoms with van der Waals surface area (Å²) in [6.45, 7) is 2.08. The number of fused-ring (bicyclic) bond motifs is 1. The van der Waals surface area contributed by atoms with E-state index in [0.717, 1.165) is 21.3 Å². The van der Waals surface area contributed by atoms with Gasteiger partial charge in [-0.2, -0.15) is 5.10 Å². The molecule has 0 N–H and O–H groups in total. The van der Waals surface area contributed by atoms with Crippen LogP contribution in [-0.2, 0) is 0 Å². The zero-order chi connectivity index (χ0) is 23.7. The van der Waals surface area contributed by atoms with Gasteiger partial charge >= 0.3 is 0 Å². The number of nitro groups is 1. The van der Waals surface area contributed by atoms with Gasteiger partial charge < -0.3 is 9.47 Å². The molecule has 0 aliphatic carbocycles. The average Bonchev–Trinajstić information content (AvgIpc) is 3.46. The summed E-state index contributed by atoms with van der Waals surface area (Å²) >= 11 is 4.96. The van der Waals surface area contributed by atoms with Crippen LogP contribution in [0, 0.1) is 10.1 Å². The van der Waals surface area contributed by atoms with E-state index in [9.17, 15) is 10.1 Å². The van der Waals surface area contributed by atoms with Crippen LogP contribution in [0.5, 0.6) is 11.5 Å². The van der Waals surface area contributed by atoms with Crippen LogP contribution in [0.3, 0.4) is 0 Å². The molecule has 0 radical (unpaired) electrons. The molecule has 0 unspecified atom stereocenters. The number of halogens is 1. The van der Waals surface area contributed by atoms with Crippen molar-refractivity contribution in [3.05, 3.63) is 97.1 Å². The van der Waals surface area contributed by atoms with Gasteiger partial charge in [0, 0.05) is 27.0 Å². The first-order valence-electron chi connectivity index (χ1n) is 10.2. The topological polar surface area (TPSA) is 91.2 Å². The quantitative estimate of drug-likeness (QED) is 0.174. The predicted molar refractivity (Wildman–Crippen MR) is 134 cm³/mol. The van der Waals surface area contributed by atoms with Crippen molar-refractivity contribution < 1.29 is 14.4 Å². The molecule has 0 fully saturated rings. The number of ether oxygens (including phenoxy) is 2. The van der Waals surface area contributed by atoms with Gasteiger partial charge in [-0.05, 0) is 37.3 Å². The molecule has 34 heavy (non-hydrogen) atoms. The second-order valence-electron chi connectivity index (χ2n) is 7.31. The third-order valence-electron chi connectivity index (χ3n) is 5.17. The Morgan fingerprint density at radius 3 is 2.68 bits per heavy atom. The molecule has 1 aromatic heterocycles. The third-order valence-corrected chi connectivity index (χ3v) is 6.68. The van der Waals surface area contributed by atoms with Crippen LogP contribution in [0.1, 0.15) is 12.5 Å². The van der Waals surface area contributed by atoms with Crippen molar-refractivity contribution in [2.45, 2.75) is 6.92 Å². The number of nitro benzene ring substituents is 1. The number of aromatic nitrogens is 1. The zero-order valence-electron chi connectivity index (χ0n) is 17.8. The molecular formula is C24H17BrN4O4S. The van der Waals surface area contributed by atoms with Crippen molar-refractivity contribution in [3.8, 4) is 22.8 Å². The van der Waals surface area contributed by atoms with Crippen LogP contribution in [0.15, 0.2) is 86.7 Å². The lowest BCUT2D eigenvalue weighted by Crippen LogP contribution is -2.14. The van der Waals surface area contributed by atoms with Crippen molar-refractivity contribution in [2.75, 3.05) is 6.79 Å². The molecule has 170 valence electrons. The maximum absolute atomic E-state index is 11.5. The van der Waals surface area contributed by atoms with Gasteiger partial charge in [0.25, 0.3) is 5.69 Å². The molecule has 0 bridgehead atoms. The summed E-state index contributed by atoms with van der Waals surface area (Å²) in [7, 11) is 0. The first-order valence-corrected chi connectivity index (χ1v) is 11.9. The van der Waals surface area contributed by atoms with Crippen molar-refractivity contribution in [1.29, 1.82) is 0 Å². The molecule has 1 aliphatic rings. The van der Waals surface area contributed by atoms with E-state index in [-0.39, 0.29) is 18.2 Å². The number of para-hydroxylation sites is 2. The first kappa shape index (κ1) is 22.1. The summed E-state index contributed by atoms with van der Waals surface area (Å²) in [6, 6.07) is 19.8. The normalized spacial score (nSPS) is 13.4. The van der Waals surface area contributed by atoms with Gasteiger partial charge in [0.15, 0.2) is 11.5 Å². The fraction of sp³-hybridized carbons (Fsp3) is 0.0833. The van der Waals surface area contributed by atoms with Gasteiger partial charge in [-0.1, -0.05) is 46.3 Å². The van der Waals surface area contributed by atoms with E-state index >= 15 is 0 Å². The molecule has 2 heterocycles. The smallest absolute Gasteiger partial charge is 0.294 e. The number of benzene rings is 3. The second kappa shape index (κ2) is 9.24. The first-order chi connectivity index (χ1) is 16.5. The molecule has 5 rings (SSSR count). The van der Waals surface area contributed by atoms with E-state index < -0.39 is 4.92 Å². The molecule has 0 amide bonds. The second-order valence-corrected chi connectivity index (χ2v) is 9.00. The van der Waals surface area contributed by atoms with Gasteiger partial charge in [-0.15, -0.1) is 11.3 Å². The minimum absolute atomic E-state index is 0.0682. The van der Waals surface area contributed by atoms with Gasteiger partial charge in [0.1, 0.15) is 5.69 Å². The van der Waals surface area contributed by atoms with E-state index in [0.29, 0.717) is 22.0 Å². The van der Waals surface area contributed by atoms with E-state index in [2.05, 4.69) is 20.9 Å². The van der Waals surface area contributed by atoms with E-state index in [1.807, 2.05) is 54.8 Å². The lowest BCUT2D eigenvalue weighted by Gasteiger charge is -2.08. The van der Waals surface area contributed by atoms with Crippen molar-refractivity contribution in [1.82, 2.24) is 4.68 Å². The number of hydrogen-bond acceptors (Lipinski definition) is 7. The molecule has 0 saturated heterocycles. The Bertz CT molecular complexity index is 1510.